The van der Waals surface area contributed by atoms with Gasteiger partial charge in [-0.25, -0.2) is 4.98 Å². The van der Waals surface area contributed by atoms with Crippen LogP contribution in [0.1, 0.15) is 34.5 Å². The maximum atomic E-state index is 11.5. The largest absolute Gasteiger partial charge is 0.387 e. The third-order valence-corrected chi connectivity index (χ3v) is 4.14. The predicted molar refractivity (Wildman–Crippen MR) is 62.4 cm³/mol. The highest BCUT2D eigenvalue weighted by atomic mass is 32.1. The molecule has 0 radical (unpaired) electrons. The van der Waals surface area contributed by atoms with E-state index in [1.807, 2.05) is 6.92 Å². The maximum absolute atomic E-state index is 11.5. The van der Waals surface area contributed by atoms with Crippen LogP contribution in [0.2, 0.25) is 0 Å². The van der Waals surface area contributed by atoms with Crippen molar-refractivity contribution in [2.45, 2.75) is 32.2 Å². The second-order valence-corrected chi connectivity index (χ2v) is 5.35. The van der Waals surface area contributed by atoms with E-state index in [9.17, 15) is 4.79 Å². The van der Waals surface area contributed by atoms with Crippen LogP contribution in [0.3, 0.4) is 0 Å². The second kappa shape index (κ2) is 4.51. The monoisotopic (exact) mass is 240 g/mol. The van der Waals surface area contributed by atoms with Crippen molar-refractivity contribution < 1.29 is 9.90 Å². The number of fused-ring (bicyclic) bond motifs is 1. The average Bonchev–Trinajstić information content (AvgIpc) is 2.66. The quantitative estimate of drug-likeness (QED) is 0.847. The van der Waals surface area contributed by atoms with Crippen LogP contribution in [0.25, 0.3) is 0 Å². The van der Waals surface area contributed by atoms with Gasteiger partial charge in [0.15, 0.2) is 0 Å². The van der Waals surface area contributed by atoms with Crippen molar-refractivity contribution in [1.29, 1.82) is 0 Å². The number of likely N-dealkylation sites (N-methyl/N-ethyl adjacent to an activating group) is 1. The van der Waals surface area contributed by atoms with Gasteiger partial charge in [0.25, 0.3) is 0 Å². The van der Waals surface area contributed by atoms with E-state index in [0.717, 1.165) is 30.0 Å². The summed E-state index contributed by atoms with van der Waals surface area (Å²) in [5.74, 6) is -0.219. The molecule has 0 bridgehead atoms. The van der Waals surface area contributed by atoms with Gasteiger partial charge in [-0.2, -0.15) is 0 Å². The van der Waals surface area contributed by atoms with Gasteiger partial charge in [-0.15, -0.1) is 11.3 Å². The number of hydrogen-bond donors (Lipinski definition) is 1. The number of aliphatic hydroxyl groups excluding tert-OH is 1. The van der Waals surface area contributed by atoms with Gasteiger partial charge in [-0.1, -0.05) is 0 Å². The third kappa shape index (κ3) is 1.97. The molecule has 1 aliphatic rings. The molecule has 1 atom stereocenters. The molecular formula is C11H16N2O2S. The van der Waals surface area contributed by atoms with Gasteiger partial charge in [0.1, 0.15) is 6.61 Å². The van der Waals surface area contributed by atoms with Gasteiger partial charge >= 0.3 is 0 Å². The SMILES string of the molecule is Cc1nc2c(s1)C(N(C)C(=O)CO)CCC2. The molecule has 1 aromatic rings. The van der Waals surface area contributed by atoms with Crippen LogP contribution in [0.15, 0.2) is 0 Å². The fourth-order valence-corrected chi connectivity index (χ4v) is 3.33. The Hall–Kier alpha value is -0.940. The standard InChI is InChI=1S/C11H16N2O2S/c1-7-12-8-4-3-5-9(11(8)16-7)13(2)10(15)6-14/h9,14H,3-6H2,1-2H3. The lowest BCUT2D eigenvalue weighted by Crippen LogP contribution is -2.34. The molecule has 0 saturated heterocycles. The van der Waals surface area contributed by atoms with E-state index in [-0.39, 0.29) is 11.9 Å². The molecule has 1 aromatic heterocycles. The van der Waals surface area contributed by atoms with Crippen LogP contribution in [-0.2, 0) is 11.2 Å². The molecule has 0 aromatic carbocycles. The first-order chi connectivity index (χ1) is 7.63. The summed E-state index contributed by atoms with van der Waals surface area (Å²) in [5.41, 5.74) is 1.14. The zero-order valence-electron chi connectivity index (χ0n) is 9.56. The van der Waals surface area contributed by atoms with Gasteiger partial charge in [-0.3, -0.25) is 4.79 Å². The van der Waals surface area contributed by atoms with Gasteiger partial charge in [-0.05, 0) is 26.2 Å². The highest BCUT2D eigenvalue weighted by molar-refractivity contribution is 7.11. The first kappa shape index (κ1) is 11.5. The van der Waals surface area contributed by atoms with Gasteiger partial charge in [0, 0.05) is 7.05 Å². The smallest absolute Gasteiger partial charge is 0.248 e. The number of rotatable bonds is 2. The van der Waals surface area contributed by atoms with E-state index in [1.54, 1.807) is 23.3 Å². The molecule has 0 saturated carbocycles. The van der Waals surface area contributed by atoms with Crippen molar-refractivity contribution in [2.75, 3.05) is 13.7 Å². The predicted octanol–water partition coefficient (Wildman–Crippen LogP) is 1.28. The summed E-state index contributed by atoms with van der Waals surface area (Å²) in [6.07, 6.45) is 3.04. The van der Waals surface area contributed by atoms with Gasteiger partial charge in [0.05, 0.1) is 21.6 Å². The van der Waals surface area contributed by atoms with Crippen molar-refractivity contribution in [2.24, 2.45) is 0 Å². The highest BCUT2D eigenvalue weighted by Gasteiger charge is 2.28. The lowest BCUT2D eigenvalue weighted by Gasteiger charge is -2.30. The Morgan fingerprint density at radius 2 is 2.44 bits per heavy atom. The minimum atomic E-state index is -0.417. The number of amides is 1. The van der Waals surface area contributed by atoms with Crippen LogP contribution in [0.4, 0.5) is 0 Å². The highest BCUT2D eigenvalue weighted by Crippen LogP contribution is 2.37. The summed E-state index contributed by atoms with van der Waals surface area (Å²) in [7, 11) is 1.76. The Morgan fingerprint density at radius 1 is 1.69 bits per heavy atom. The molecule has 4 nitrogen and oxygen atoms in total. The fraction of sp³-hybridized carbons (Fsp3) is 0.636. The molecule has 1 heterocycles. The number of carbonyl (C=O) groups excluding carboxylic acids is 1. The molecule has 0 aliphatic heterocycles. The number of aromatic nitrogens is 1. The number of thiazole rings is 1. The molecule has 1 N–H and O–H groups in total. The lowest BCUT2D eigenvalue weighted by molar-refractivity contribution is -0.135. The number of nitrogens with zero attached hydrogens (tertiary/aromatic N) is 2. The maximum Gasteiger partial charge on any atom is 0.248 e. The van der Waals surface area contributed by atoms with Crippen molar-refractivity contribution in [3.05, 3.63) is 15.6 Å². The van der Waals surface area contributed by atoms with E-state index >= 15 is 0 Å². The Balaban J connectivity index is 2.27. The van der Waals surface area contributed by atoms with Gasteiger partial charge in [0.2, 0.25) is 5.91 Å². The summed E-state index contributed by atoms with van der Waals surface area (Å²) in [6, 6.07) is 0.106. The zero-order chi connectivity index (χ0) is 11.7. The molecule has 0 spiro atoms. The van der Waals surface area contributed by atoms with E-state index < -0.39 is 6.61 Å². The van der Waals surface area contributed by atoms with Crippen LogP contribution < -0.4 is 0 Å². The van der Waals surface area contributed by atoms with E-state index in [1.165, 1.54) is 4.88 Å². The molecule has 1 amide bonds. The molecule has 1 unspecified atom stereocenters. The van der Waals surface area contributed by atoms with E-state index in [4.69, 9.17) is 5.11 Å². The number of aliphatic hydroxyl groups is 1. The minimum Gasteiger partial charge on any atom is -0.387 e. The molecule has 2 rings (SSSR count). The van der Waals surface area contributed by atoms with Crippen LogP contribution >= 0.6 is 11.3 Å². The first-order valence-corrected chi connectivity index (χ1v) is 6.28. The Kier molecular flexibility index (Phi) is 3.25. The minimum absolute atomic E-state index is 0.106. The normalized spacial score (nSPS) is 19.3. The van der Waals surface area contributed by atoms with Crippen molar-refractivity contribution in [3.63, 3.8) is 0 Å². The second-order valence-electron chi connectivity index (χ2n) is 4.11. The van der Waals surface area contributed by atoms with Crippen LogP contribution in [0.5, 0.6) is 0 Å². The zero-order valence-corrected chi connectivity index (χ0v) is 10.4. The average molecular weight is 240 g/mol. The van der Waals surface area contributed by atoms with Crippen LogP contribution in [0, 0.1) is 6.92 Å². The Morgan fingerprint density at radius 3 is 3.12 bits per heavy atom. The molecular weight excluding hydrogens is 224 g/mol. The van der Waals surface area contributed by atoms with Crippen molar-refractivity contribution >= 4 is 17.2 Å². The van der Waals surface area contributed by atoms with Crippen LogP contribution in [-0.4, -0.2) is 34.6 Å². The third-order valence-electron chi connectivity index (χ3n) is 3.02. The molecule has 1 aliphatic carbocycles. The number of aryl methyl sites for hydroxylation is 2. The summed E-state index contributed by atoms with van der Waals surface area (Å²) >= 11 is 1.67. The van der Waals surface area contributed by atoms with Gasteiger partial charge < -0.3 is 10.0 Å². The Labute approximate surface area is 98.9 Å². The molecule has 5 heteroatoms. The molecule has 0 fully saturated rings. The number of carbonyl (C=O) groups is 1. The van der Waals surface area contributed by atoms with Crippen molar-refractivity contribution in [3.8, 4) is 0 Å². The Bertz CT molecular complexity index is 403. The summed E-state index contributed by atoms with van der Waals surface area (Å²) in [4.78, 5) is 18.8. The fourth-order valence-electron chi connectivity index (χ4n) is 2.17. The van der Waals surface area contributed by atoms with Crippen molar-refractivity contribution in [1.82, 2.24) is 9.88 Å². The van der Waals surface area contributed by atoms with E-state index in [0.29, 0.717) is 0 Å². The molecule has 16 heavy (non-hydrogen) atoms. The topological polar surface area (TPSA) is 53.4 Å². The van der Waals surface area contributed by atoms with E-state index in [2.05, 4.69) is 4.98 Å². The summed E-state index contributed by atoms with van der Waals surface area (Å²) < 4.78 is 0. The summed E-state index contributed by atoms with van der Waals surface area (Å²) in [5, 5.41) is 9.94. The number of hydrogen-bond acceptors (Lipinski definition) is 4. The lowest BCUT2D eigenvalue weighted by atomic mass is 9.97. The summed E-state index contributed by atoms with van der Waals surface area (Å²) in [6.45, 7) is 1.58. The first-order valence-electron chi connectivity index (χ1n) is 5.46. The molecule has 88 valence electrons.